The van der Waals surface area contributed by atoms with Gasteiger partial charge in [0.15, 0.2) is 11.6 Å². The van der Waals surface area contributed by atoms with Crippen molar-refractivity contribution in [3.8, 4) is 17.2 Å². The number of methoxy groups -OCH3 is 1. The van der Waals surface area contributed by atoms with Crippen molar-refractivity contribution in [2.75, 3.05) is 12.4 Å². The first-order valence-corrected chi connectivity index (χ1v) is 6.81. The van der Waals surface area contributed by atoms with Crippen molar-refractivity contribution in [3.63, 3.8) is 0 Å². The predicted octanol–water partition coefficient (Wildman–Crippen LogP) is 3.64. The molecule has 0 saturated carbocycles. The van der Waals surface area contributed by atoms with Crippen molar-refractivity contribution in [3.05, 3.63) is 60.0 Å². The third-order valence-electron chi connectivity index (χ3n) is 3.15. The van der Waals surface area contributed by atoms with E-state index in [2.05, 4.69) is 15.5 Å². The summed E-state index contributed by atoms with van der Waals surface area (Å²) >= 11 is 0. The Morgan fingerprint density at radius 2 is 1.96 bits per heavy atom. The van der Waals surface area contributed by atoms with E-state index in [0.717, 1.165) is 17.7 Å². The second-order valence-electron chi connectivity index (χ2n) is 4.72. The number of benzene rings is 2. The fourth-order valence-corrected chi connectivity index (χ4v) is 1.98. The van der Waals surface area contributed by atoms with E-state index in [9.17, 15) is 8.78 Å². The lowest BCUT2D eigenvalue weighted by molar-refractivity contribution is 0.414. The Labute approximate surface area is 130 Å². The molecule has 7 heteroatoms. The maximum atomic E-state index is 13.1. The fourth-order valence-electron chi connectivity index (χ4n) is 1.98. The van der Waals surface area contributed by atoms with Gasteiger partial charge in [-0.1, -0.05) is 6.07 Å². The molecule has 0 saturated heterocycles. The van der Waals surface area contributed by atoms with Crippen LogP contribution in [0.1, 0.15) is 5.89 Å². The van der Waals surface area contributed by atoms with Crippen LogP contribution in [0.5, 0.6) is 5.75 Å². The zero-order valence-corrected chi connectivity index (χ0v) is 12.2. The summed E-state index contributed by atoms with van der Waals surface area (Å²) in [5, 5.41) is 10.8. The molecule has 0 amide bonds. The van der Waals surface area contributed by atoms with Gasteiger partial charge in [-0.25, -0.2) is 8.78 Å². The molecule has 0 unspecified atom stereocenters. The number of nitrogens with zero attached hydrogens (tertiary/aromatic N) is 2. The van der Waals surface area contributed by atoms with Crippen molar-refractivity contribution in [1.82, 2.24) is 10.2 Å². The SMILES string of the molecule is COc1cccc(-c2nnc(CNc3ccc(F)c(F)c3)o2)c1. The third-order valence-corrected chi connectivity index (χ3v) is 3.15. The van der Waals surface area contributed by atoms with Gasteiger partial charge in [-0.2, -0.15) is 0 Å². The molecule has 1 N–H and O–H groups in total. The Kier molecular flexibility index (Phi) is 4.18. The number of anilines is 1. The number of hydrogen-bond acceptors (Lipinski definition) is 5. The summed E-state index contributed by atoms with van der Waals surface area (Å²) in [4.78, 5) is 0. The van der Waals surface area contributed by atoms with E-state index in [1.54, 1.807) is 13.2 Å². The maximum absolute atomic E-state index is 13.1. The minimum absolute atomic E-state index is 0.196. The second kappa shape index (κ2) is 6.43. The number of nitrogens with one attached hydrogen (secondary N) is 1. The molecule has 3 rings (SSSR count). The van der Waals surface area contributed by atoms with E-state index in [4.69, 9.17) is 9.15 Å². The first-order chi connectivity index (χ1) is 11.2. The van der Waals surface area contributed by atoms with E-state index in [0.29, 0.717) is 23.2 Å². The summed E-state index contributed by atoms with van der Waals surface area (Å²) in [5.41, 5.74) is 1.15. The van der Waals surface area contributed by atoms with Gasteiger partial charge in [-0.15, -0.1) is 10.2 Å². The third kappa shape index (κ3) is 3.45. The predicted molar refractivity (Wildman–Crippen MR) is 80.0 cm³/mol. The lowest BCUT2D eigenvalue weighted by Gasteiger charge is -2.03. The first kappa shape index (κ1) is 15.0. The van der Waals surface area contributed by atoms with Crippen LogP contribution in [0.25, 0.3) is 11.5 Å². The van der Waals surface area contributed by atoms with Crippen LogP contribution in [0.2, 0.25) is 0 Å². The highest BCUT2D eigenvalue weighted by Gasteiger charge is 2.10. The zero-order valence-electron chi connectivity index (χ0n) is 12.2. The summed E-state index contributed by atoms with van der Waals surface area (Å²) in [7, 11) is 1.57. The monoisotopic (exact) mass is 317 g/mol. The Hall–Kier alpha value is -2.96. The van der Waals surface area contributed by atoms with Crippen LogP contribution in [0.15, 0.2) is 46.9 Å². The molecule has 23 heavy (non-hydrogen) atoms. The van der Waals surface area contributed by atoms with Gasteiger partial charge in [0, 0.05) is 17.3 Å². The maximum Gasteiger partial charge on any atom is 0.247 e. The van der Waals surface area contributed by atoms with Gasteiger partial charge in [0.1, 0.15) is 5.75 Å². The molecule has 0 aliphatic heterocycles. The molecule has 0 radical (unpaired) electrons. The summed E-state index contributed by atoms with van der Waals surface area (Å²) in [5.74, 6) is -0.452. The Bertz CT molecular complexity index is 821. The summed E-state index contributed by atoms with van der Waals surface area (Å²) in [6, 6.07) is 10.8. The number of rotatable bonds is 5. The molecule has 0 aliphatic rings. The van der Waals surface area contributed by atoms with Crippen molar-refractivity contribution in [2.45, 2.75) is 6.54 Å². The minimum Gasteiger partial charge on any atom is -0.497 e. The van der Waals surface area contributed by atoms with E-state index in [-0.39, 0.29) is 6.54 Å². The van der Waals surface area contributed by atoms with E-state index in [1.165, 1.54) is 6.07 Å². The van der Waals surface area contributed by atoms with Crippen LogP contribution in [0.4, 0.5) is 14.5 Å². The van der Waals surface area contributed by atoms with Crippen LogP contribution in [-0.2, 0) is 6.54 Å². The van der Waals surface area contributed by atoms with Gasteiger partial charge in [0.05, 0.1) is 13.7 Å². The van der Waals surface area contributed by atoms with Crippen molar-refractivity contribution in [2.24, 2.45) is 0 Å². The van der Waals surface area contributed by atoms with Gasteiger partial charge < -0.3 is 14.5 Å². The second-order valence-corrected chi connectivity index (χ2v) is 4.72. The largest absolute Gasteiger partial charge is 0.497 e. The zero-order chi connectivity index (χ0) is 16.2. The Balaban J connectivity index is 1.70. The van der Waals surface area contributed by atoms with Gasteiger partial charge in [-0.3, -0.25) is 0 Å². The topological polar surface area (TPSA) is 60.2 Å². The molecular formula is C16H13F2N3O2. The van der Waals surface area contributed by atoms with Gasteiger partial charge >= 0.3 is 0 Å². The van der Waals surface area contributed by atoms with E-state index >= 15 is 0 Å². The quantitative estimate of drug-likeness (QED) is 0.778. The lowest BCUT2D eigenvalue weighted by atomic mass is 10.2. The molecule has 0 fully saturated rings. The molecule has 0 atom stereocenters. The molecule has 2 aromatic carbocycles. The first-order valence-electron chi connectivity index (χ1n) is 6.81. The Morgan fingerprint density at radius 1 is 1.09 bits per heavy atom. The minimum atomic E-state index is -0.919. The summed E-state index contributed by atoms with van der Waals surface area (Å²) in [6.45, 7) is 0.196. The number of halogens is 2. The highest BCUT2D eigenvalue weighted by atomic mass is 19.2. The van der Waals surface area contributed by atoms with Crippen molar-refractivity contribution >= 4 is 5.69 Å². The van der Waals surface area contributed by atoms with Crippen LogP contribution in [0.3, 0.4) is 0 Å². The van der Waals surface area contributed by atoms with Crippen LogP contribution < -0.4 is 10.1 Å². The molecular weight excluding hydrogens is 304 g/mol. The normalized spacial score (nSPS) is 10.6. The smallest absolute Gasteiger partial charge is 0.247 e. The number of aromatic nitrogens is 2. The van der Waals surface area contributed by atoms with Crippen molar-refractivity contribution < 1.29 is 17.9 Å². The summed E-state index contributed by atoms with van der Waals surface area (Å²) < 4.78 is 36.7. The average molecular weight is 317 g/mol. The molecule has 5 nitrogen and oxygen atoms in total. The standard InChI is InChI=1S/C16H13F2N3O2/c1-22-12-4-2-3-10(7-12)16-21-20-15(23-16)9-19-11-5-6-13(17)14(18)8-11/h2-8,19H,9H2,1H3. The molecule has 118 valence electrons. The van der Waals surface area contributed by atoms with E-state index < -0.39 is 11.6 Å². The molecule has 1 heterocycles. The number of ether oxygens (including phenoxy) is 1. The van der Waals surface area contributed by atoms with Gasteiger partial charge in [-0.05, 0) is 30.3 Å². The lowest BCUT2D eigenvalue weighted by Crippen LogP contribution is -2.00. The number of hydrogen-bond donors (Lipinski definition) is 1. The van der Waals surface area contributed by atoms with E-state index in [1.807, 2.05) is 18.2 Å². The fraction of sp³-hybridized carbons (Fsp3) is 0.125. The molecule has 0 aliphatic carbocycles. The van der Waals surface area contributed by atoms with Crippen LogP contribution in [-0.4, -0.2) is 17.3 Å². The van der Waals surface area contributed by atoms with Gasteiger partial charge in [0.2, 0.25) is 11.8 Å². The Morgan fingerprint density at radius 3 is 2.74 bits per heavy atom. The highest BCUT2D eigenvalue weighted by Crippen LogP contribution is 2.23. The van der Waals surface area contributed by atoms with Crippen LogP contribution in [0, 0.1) is 11.6 Å². The van der Waals surface area contributed by atoms with Crippen molar-refractivity contribution in [1.29, 1.82) is 0 Å². The highest BCUT2D eigenvalue weighted by molar-refractivity contribution is 5.55. The molecule has 0 spiro atoms. The van der Waals surface area contributed by atoms with Crippen LogP contribution >= 0.6 is 0 Å². The van der Waals surface area contributed by atoms with Gasteiger partial charge in [0.25, 0.3) is 0 Å². The summed E-state index contributed by atoms with van der Waals surface area (Å²) in [6.07, 6.45) is 0. The molecule has 1 aromatic heterocycles. The average Bonchev–Trinajstić information content (AvgIpc) is 3.05. The molecule has 3 aromatic rings. The molecule has 0 bridgehead atoms.